The molecule has 0 aromatic heterocycles. The molecule has 3 rings (SSSR count). The Morgan fingerprint density at radius 3 is 2.26 bits per heavy atom. The smallest absolute Gasteiger partial charge is 0.295 e. The average Bonchev–Trinajstić information content (AvgIpc) is 3.08. The number of nitrogens with zero attached hydrogens (tertiary/aromatic N) is 1. The first kappa shape index (κ1) is 25.1. The van der Waals surface area contributed by atoms with E-state index in [-0.39, 0.29) is 24.0 Å². The Labute approximate surface area is 199 Å². The Hall–Kier alpha value is -3.52. The van der Waals surface area contributed by atoms with E-state index in [1.54, 1.807) is 49.6 Å². The van der Waals surface area contributed by atoms with Crippen LogP contribution in [0.25, 0.3) is 5.76 Å². The minimum absolute atomic E-state index is 0.00241. The number of benzene rings is 2. The average molecular weight is 470 g/mol. The number of likely N-dealkylation sites (tertiary alicyclic amines) is 1. The third kappa shape index (κ3) is 5.17. The summed E-state index contributed by atoms with van der Waals surface area (Å²) in [5, 5.41) is 11.2. The lowest BCUT2D eigenvalue weighted by molar-refractivity contribution is -0.140. The van der Waals surface area contributed by atoms with Crippen molar-refractivity contribution in [2.24, 2.45) is 0 Å². The van der Waals surface area contributed by atoms with Crippen molar-refractivity contribution in [2.75, 3.05) is 34.5 Å². The Bertz CT molecular complexity index is 1060. The standard InChI is InChI=1S/C26H31NO7/c1-16(2)34-18-9-7-17(8-10-18)24(28)22-23(20-15-19(32-4)11-12-21(20)33-5)27(13-6-14-31-3)26(30)25(22)29/h7-12,15-16,23,28H,6,13-14H2,1-5H3/b24-22+/t23-/m1/s1. The number of hydrogen-bond donors (Lipinski definition) is 1. The van der Waals surface area contributed by atoms with Gasteiger partial charge in [-0.15, -0.1) is 0 Å². The van der Waals surface area contributed by atoms with Gasteiger partial charge in [-0.25, -0.2) is 0 Å². The summed E-state index contributed by atoms with van der Waals surface area (Å²) in [6.07, 6.45) is 0.519. The maximum absolute atomic E-state index is 13.2. The van der Waals surface area contributed by atoms with Crippen LogP contribution in [0.2, 0.25) is 0 Å². The van der Waals surface area contributed by atoms with Gasteiger partial charge in [0.2, 0.25) is 0 Å². The molecule has 34 heavy (non-hydrogen) atoms. The minimum Gasteiger partial charge on any atom is -0.507 e. The maximum Gasteiger partial charge on any atom is 0.295 e. The van der Waals surface area contributed by atoms with E-state index in [0.717, 1.165) is 0 Å². The lowest BCUT2D eigenvalue weighted by Crippen LogP contribution is -2.31. The fourth-order valence-corrected chi connectivity index (χ4v) is 3.99. The molecule has 0 radical (unpaired) electrons. The first-order chi connectivity index (χ1) is 16.3. The van der Waals surface area contributed by atoms with Crippen molar-refractivity contribution in [1.82, 2.24) is 4.90 Å². The van der Waals surface area contributed by atoms with Crippen LogP contribution in [0.1, 0.15) is 37.4 Å². The monoisotopic (exact) mass is 469 g/mol. The van der Waals surface area contributed by atoms with E-state index in [4.69, 9.17) is 18.9 Å². The summed E-state index contributed by atoms with van der Waals surface area (Å²) in [7, 11) is 4.61. The van der Waals surface area contributed by atoms with Gasteiger partial charge >= 0.3 is 0 Å². The van der Waals surface area contributed by atoms with Crippen molar-refractivity contribution < 1.29 is 33.6 Å². The van der Waals surface area contributed by atoms with Crippen molar-refractivity contribution in [2.45, 2.75) is 32.4 Å². The molecule has 2 aromatic carbocycles. The maximum atomic E-state index is 13.2. The van der Waals surface area contributed by atoms with Crippen molar-refractivity contribution in [3.05, 3.63) is 59.2 Å². The summed E-state index contributed by atoms with van der Waals surface area (Å²) in [6, 6.07) is 11.0. The summed E-state index contributed by atoms with van der Waals surface area (Å²) in [5.41, 5.74) is 0.934. The van der Waals surface area contributed by atoms with Crippen LogP contribution in [0.4, 0.5) is 0 Å². The number of rotatable bonds is 10. The third-order valence-corrected chi connectivity index (χ3v) is 5.52. The number of carbonyl (C=O) groups excluding carboxylic acids is 2. The van der Waals surface area contributed by atoms with Crippen molar-refractivity contribution in [3.8, 4) is 17.2 Å². The molecule has 1 N–H and O–H groups in total. The van der Waals surface area contributed by atoms with Crippen LogP contribution in [0, 0.1) is 0 Å². The van der Waals surface area contributed by atoms with Crippen LogP contribution in [0.3, 0.4) is 0 Å². The van der Waals surface area contributed by atoms with Gasteiger partial charge in [0.25, 0.3) is 11.7 Å². The second-order valence-corrected chi connectivity index (χ2v) is 8.14. The molecule has 0 spiro atoms. The molecule has 8 nitrogen and oxygen atoms in total. The van der Waals surface area contributed by atoms with Gasteiger partial charge in [-0.05, 0) is 62.7 Å². The SMILES string of the molecule is COCCCN1C(=O)C(=O)/C(=C(/O)c2ccc(OC(C)C)cc2)[C@H]1c1cc(OC)ccc1OC. The Balaban J connectivity index is 2.15. The largest absolute Gasteiger partial charge is 0.507 e. The number of aliphatic hydroxyl groups is 1. The van der Waals surface area contributed by atoms with Crippen LogP contribution in [0.15, 0.2) is 48.0 Å². The number of hydrogen-bond acceptors (Lipinski definition) is 7. The van der Waals surface area contributed by atoms with Crippen molar-refractivity contribution >= 4 is 17.4 Å². The van der Waals surface area contributed by atoms with Crippen molar-refractivity contribution in [1.29, 1.82) is 0 Å². The van der Waals surface area contributed by atoms with Gasteiger partial charge in [-0.3, -0.25) is 9.59 Å². The molecule has 1 heterocycles. The molecule has 1 fully saturated rings. The first-order valence-corrected chi connectivity index (χ1v) is 11.1. The summed E-state index contributed by atoms with van der Waals surface area (Å²) in [6.45, 7) is 4.52. The van der Waals surface area contributed by atoms with Crippen LogP contribution >= 0.6 is 0 Å². The highest BCUT2D eigenvalue weighted by Gasteiger charge is 2.47. The number of methoxy groups -OCH3 is 3. The number of aliphatic hydroxyl groups excluding tert-OH is 1. The zero-order chi connectivity index (χ0) is 24.8. The molecule has 0 saturated carbocycles. The van der Waals surface area contributed by atoms with Crippen LogP contribution in [-0.4, -0.2) is 62.3 Å². The van der Waals surface area contributed by atoms with Gasteiger partial charge in [0.1, 0.15) is 23.0 Å². The Morgan fingerprint density at radius 2 is 1.68 bits per heavy atom. The number of amides is 1. The molecule has 2 aromatic rings. The Kier molecular flexibility index (Phi) is 8.17. The van der Waals surface area contributed by atoms with E-state index in [9.17, 15) is 14.7 Å². The van der Waals surface area contributed by atoms with Gasteiger partial charge in [0.05, 0.1) is 31.9 Å². The normalized spacial score (nSPS) is 17.4. The third-order valence-electron chi connectivity index (χ3n) is 5.52. The van der Waals surface area contributed by atoms with Crippen molar-refractivity contribution in [3.63, 3.8) is 0 Å². The molecule has 182 valence electrons. The molecule has 1 saturated heterocycles. The minimum atomic E-state index is -0.853. The summed E-state index contributed by atoms with van der Waals surface area (Å²) in [5.74, 6) is -0.0692. The van der Waals surface area contributed by atoms with Gasteiger partial charge in [-0.1, -0.05) is 0 Å². The highest BCUT2D eigenvalue weighted by atomic mass is 16.5. The highest BCUT2D eigenvalue weighted by Crippen LogP contribution is 2.44. The predicted octanol–water partition coefficient (Wildman–Crippen LogP) is 3.95. The molecule has 1 aliphatic rings. The molecule has 0 unspecified atom stereocenters. The summed E-state index contributed by atoms with van der Waals surface area (Å²) >= 11 is 0. The van der Waals surface area contributed by atoms with Gasteiger partial charge < -0.3 is 29.0 Å². The quantitative estimate of drug-likeness (QED) is 0.244. The molecule has 1 aliphatic heterocycles. The second-order valence-electron chi connectivity index (χ2n) is 8.14. The van der Waals surface area contributed by atoms with Gasteiger partial charge in [0, 0.05) is 31.4 Å². The topological polar surface area (TPSA) is 94.5 Å². The van der Waals surface area contributed by atoms with Crippen LogP contribution < -0.4 is 14.2 Å². The first-order valence-electron chi connectivity index (χ1n) is 11.1. The number of ether oxygens (including phenoxy) is 4. The van der Waals surface area contributed by atoms with E-state index in [1.165, 1.54) is 19.1 Å². The lowest BCUT2D eigenvalue weighted by Gasteiger charge is -2.27. The van der Waals surface area contributed by atoms with E-state index in [2.05, 4.69) is 0 Å². The van der Waals surface area contributed by atoms with Crippen LogP contribution in [-0.2, 0) is 14.3 Å². The molecule has 8 heteroatoms. The Morgan fingerprint density at radius 1 is 1.00 bits per heavy atom. The molecular formula is C26H31NO7. The number of carbonyl (C=O) groups is 2. The number of Topliss-reactive ketones (excluding diaryl/α,β-unsaturated/α-hetero) is 1. The zero-order valence-corrected chi connectivity index (χ0v) is 20.2. The van der Waals surface area contributed by atoms with Gasteiger partial charge in [0.15, 0.2) is 0 Å². The molecule has 1 atom stereocenters. The van der Waals surface area contributed by atoms with Gasteiger partial charge in [-0.2, -0.15) is 0 Å². The van der Waals surface area contributed by atoms with E-state index in [1.807, 2.05) is 13.8 Å². The predicted molar refractivity (Wildman–Crippen MR) is 127 cm³/mol. The lowest BCUT2D eigenvalue weighted by atomic mass is 9.94. The zero-order valence-electron chi connectivity index (χ0n) is 20.2. The number of ketones is 1. The molecule has 0 bridgehead atoms. The van der Waals surface area contributed by atoms with Crippen LogP contribution in [0.5, 0.6) is 17.2 Å². The molecule has 1 amide bonds. The summed E-state index contributed by atoms with van der Waals surface area (Å²) in [4.78, 5) is 27.7. The van der Waals surface area contributed by atoms with E-state index in [0.29, 0.717) is 41.4 Å². The fraction of sp³-hybridized carbons (Fsp3) is 0.385. The summed E-state index contributed by atoms with van der Waals surface area (Å²) < 4.78 is 21.7. The molecule has 0 aliphatic carbocycles. The molecular weight excluding hydrogens is 438 g/mol. The van der Waals surface area contributed by atoms with E-state index < -0.39 is 17.7 Å². The second kappa shape index (κ2) is 11.1. The highest BCUT2D eigenvalue weighted by molar-refractivity contribution is 6.46. The van der Waals surface area contributed by atoms with E-state index >= 15 is 0 Å². The fourth-order valence-electron chi connectivity index (χ4n) is 3.99.